The highest BCUT2D eigenvalue weighted by atomic mass is 32.2. The second-order valence-electron chi connectivity index (χ2n) is 15.5. The molecule has 13 heteroatoms. The molecule has 0 radical (unpaired) electrons. The van der Waals surface area contributed by atoms with E-state index in [9.17, 15) is 9.59 Å². The van der Waals surface area contributed by atoms with Crippen molar-refractivity contribution in [2.75, 3.05) is 13.2 Å². The molecule has 3 heterocycles. The monoisotopic (exact) mass is 876 g/mol. The first kappa shape index (κ1) is 44.7. The Morgan fingerprint density at radius 1 is 0.571 bits per heavy atom. The fourth-order valence-electron chi connectivity index (χ4n) is 7.91. The van der Waals surface area contributed by atoms with Crippen molar-refractivity contribution < 1.29 is 57.0 Å². The van der Waals surface area contributed by atoms with Gasteiger partial charge < -0.3 is 47.4 Å². The van der Waals surface area contributed by atoms with Crippen molar-refractivity contribution in [3.8, 4) is 0 Å². The lowest BCUT2D eigenvalue weighted by molar-refractivity contribution is -0.371. The summed E-state index contributed by atoms with van der Waals surface area (Å²) in [6.45, 7) is 3.54. The van der Waals surface area contributed by atoms with Gasteiger partial charge in [0.15, 0.2) is 24.8 Å². The summed E-state index contributed by atoms with van der Waals surface area (Å²) in [5, 5.41) is 0. The number of ether oxygens (including phenoxy) is 10. The van der Waals surface area contributed by atoms with E-state index in [4.69, 9.17) is 47.4 Å². The van der Waals surface area contributed by atoms with Gasteiger partial charge >= 0.3 is 11.9 Å². The van der Waals surface area contributed by atoms with Gasteiger partial charge in [-0.05, 0) is 28.8 Å². The number of thioether (sulfide) groups is 1. The molecule has 0 saturated carbocycles. The molecule has 3 aliphatic rings. The number of carbonyl (C=O) groups is 2. The Morgan fingerprint density at radius 2 is 1.10 bits per heavy atom. The summed E-state index contributed by atoms with van der Waals surface area (Å²) in [7, 11) is 0. The minimum Gasteiger partial charge on any atom is -0.456 e. The number of benzene rings is 5. The maximum atomic E-state index is 13.2. The Balaban J connectivity index is 1.17. The van der Waals surface area contributed by atoms with Gasteiger partial charge in [-0.15, -0.1) is 0 Å². The van der Waals surface area contributed by atoms with Gasteiger partial charge in [0.1, 0.15) is 42.1 Å². The third-order valence-electron chi connectivity index (χ3n) is 10.8. The van der Waals surface area contributed by atoms with E-state index < -0.39 is 78.8 Å². The van der Waals surface area contributed by atoms with Gasteiger partial charge in [-0.3, -0.25) is 9.59 Å². The highest BCUT2D eigenvalue weighted by Crippen LogP contribution is 2.43. The Morgan fingerprint density at radius 3 is 1.68 bits per heavy atom. The van der Waals surface area contributed by atoms with E-state index in [0.717, 1.165) is 27.1 Å². The lowest BCUT2D eigenvalue weighted by atomic mass is 9.96. The van der Waals surface area contributed by atoms with E-state index in [-0.39, 0.29) is 26.4 Å². The molecule has 63 heavy (non-hydrogen) atoms. The number of rotatable bonds is 17. The van der Waals surface area contributed by atoms with Crippen molar-refractivity contribution in [1.29, 1.82) is 0 Å². The largest absolute Gasteiger partial charge is 0.456 e. The van der Waals surface area contributed by atoms with E-state index in [2.05, 4.69) is 0 Å². The molecule has 12 nitrogen and oxygen atoms in total. The molecule has 11 atom stereocenters. The van der Waals surface area contributed by atoms with Crippen molar-refractivity contribution in [3.63, 3.8) is 0 Å². The SMILES string of the molecule is CC(=O)OC1C(OCc2ccccc2)[C@H](OCc2ccccc2)C(COCc2ccccc2)O[C@@H]1OC1C(OC(C)=O)[C@@H](Sc2ccccc2)OC2COC(c3ccccc3)O[C@H]21. The van der Waals surface area contributed by atoms with E-state index in [1.165, 1.54) is 25.6 Å². The smallest absolute Gasteiger partial charge is 0.303 e. The quantitative estimate of drug-likeness (QED) is 0.0840. The van der Waals surface area contributed by atoms with Crippen molar-refractivity contribution in [3.05, 3.63) is 174 Å². The minimum absolute atomic E-state index is 0.0618. The van der Waals surface area contributed by atoms with Gasteiger partial charge in [-0.2, -0.15) is 0 Å². The van der Waals surface area contributed by atoms with Crippen molar-refractivity contribution >= 4 is 23.7 Å². The molecule has 0 aromatic heterocycles. The molecule has 0 aliphatic carbocycles. The second-order valence-corrected chi connectivity index (χ2v) is 16.6. The van der Waals surface area contributed by atoms with Crippen LogP contribution in [0.5, 0.6) is 0 Å². The first-order valence-corrected chi connectivity index (χ1v) is 22.0. The van der Waals surface area contributed by atoms with Crippen molar-refractivity contribution in [2.45, 2.75) is 105 Å². The molecule has 3 saturated heterocycles. The average Bonchev–Trinajstić information content (AvgIpc) is 3.31. The number of esters is 2. The van der Waals surface area contributed by atoms with Crippen LogP contribution in [0.25, 0.3) is 0 Å². The highest BCUT2D eigenvalue weighted by Gasteiger charge is 2.57. The summed E-state index contributed by atoms with van der Waals surface area (Å²) >= 11 is 1.38. The van der Waals surface area contributed by atoms with Crippen molar-refractivity contribution in [1.82, 2.24) is 0 Å². The van der Waals surface area contributed by atoms with Crippen LogP contribution in [0.15, 0.2) is 157 Å². The number of hydrogen-bond donors (Lipinski definition) is 0. The molecule has 0 N–H and O–H groups in total. The standard InChI is InChI=1S/C50H52O12S/c1-33(51)57-46-44(55-30-37-22-12-5-13-23-37)42(54-29-36-20-10-4-11-21-36)40(31-53-28-35-18-8-3-9-19-35)59-49(46)62-45-43-41(32-56-48(61-43)38-24-14-6-15-25-38)60-50(47(45)58-34(2)52)63-39-26-16-7-17-27-39/h3-27,40-50H,28-32H2,1-2H3/t40?,41?,42-,43-,44?,45?,46?,47?,48?,49-,50-/m1/s1. The van der Waals surface area contributed by atoms with E-state index >= 15 is 0 Å². The summed E-state index contributed by atoms with van der Waals surface area (Å²) in [6.07, 6.45) is -9.39. The van der Waals surface area contributed by atoms with Crippen LogP contribution in [0.4, 0.5) is 0 Å². The summed E-state index contributed by atoms with van der Waals surface area (Å²) in [5.74, 6) is -1.14. The van der Waals surface area contributed by atoms with Gasteiger partial charge in [-0.25, -0.2) is 0 Å². The molecule has 0 amide bonds. The molecule has 7 unspecified atom stereocenters. The van der Waals surface area contributed by atoms with Crippen LogP contribution in [0, 0.1) is 0 Å². The number of carbonyl (C=O) groups excluding carboxylic acids is 2. The van der Waals surface area contributed by atoms with Gasteiger partial charge in [0.2, 0.25) is 0 Å². The summed E-state index contributed by atoms with van der Waals surface area (Å²) < 4.78 is 65.9. The summed E-state index contributed by atoms with van der Waals surface area (Å²) in [6, 6.07) is 48.5. The zero-order valence-corrected chi connectivity index (χ0v) is 35.9. The molecule has 8 rings (SSSR count). The van der Waals surface area contributed by atoms with Crippen LogP contribution >= 0.6 is 11.8 Å². The first-order valence-electron chi connectivity index (χ1n) is 21.1. The molecule has 0 bridgehead atoms. The average molecular weight is 877 g/mol. The molecule has 0 spiro atoms. The molecular weight excluding hydrogens is 825 g/mol. The molecular formula is C50H52O12S. The van der Waals surface area contributed by atoms with Crippen LogP contribution in [-0.2, 0) is 76.8 Å². The second kappa shape index (κ2) is 22.1. The van der Waals surface area contributed by atoms with Gasteiger partial charge in [0.05, 0.1) is 33.0 Å². The maximum Gasteiger partial charge on any atom is 0.303 e. The number of fused-ring (bicyclic) bond motifs is 1. The predicted octanol–water partition coefficient (Wildman–Crippen LogP) is 7.98. The third kappa shape index (κ3) is 12.0. The lowest BCUT2D eigenvalue weighted by Crippen LogP contribution is -2.67. The zero-order chi connectivity index (χ0) is 43.4. The van der Waals surface area contributed by atoms with Gasteiger partial charge in [0, 0.05) is 24.3 Å². The summed E-state index contributed by atoms with van der Waals surface area (Å²) in [4.78, 5) is 27.1. The van der Waals surface area contributed by atoms with Gasteiger partial charge in [0.25, 0.3) is 0 Å². The Kier molecular flexibility index (Phi) is 15.7. The van der Waals surface area contributed by atoms with Crippen LogP contribution in [0.2, 0.25) is 0 Å². The lowest BCUT2D eigenvalue weighted by Gasteiger charge is -2.51. The molecule has 3 fully saturated rings. The fraction of sp³-hybridized carbons (Fsp3) is 0.360. The Labute approximate surface area is 372 Å². The molecule has 330 valence electrons. The predicted molar refractivity (Wildman–Crippen MR) is 232 cm³/mol. The van der Waals surface area contributed by atoms with E-state index in [1.54, 1.807) is 0 Å². The van der Waals surface area contributed by atoms with Crippen LogP contribution in [0.3, 0.4) is 0 Å². The normalized spacial score (nSPS) is 28.1. The Bertz CT molecular complexity index is 2150. The van der Waals surface area contributed by atoms with E-state index in [0.29, 0.717) is 6.61 Å². The molecule has 5 aromatic rings. The Hall–Kier alpha value is -4.93. The van der Waals surface area contributed by atoms with Crippen LogP contribution in [-0.4, -0.2) is 85.7 Å². The van der Waals surface area contributed by atoms with Crippen LogP contribution in [0.1, 0.15) is 42.4 Å². The van der Waals surface area contributed by atoms with Crippen LogP contribution < -0.4 is 0 Å². The van der Waals surface area contributed by atoms with E-state index in [1.807, 2.05) is 152 Å². The molecule has 3 aliphatic heterocycles. The fourth-order valence-corrected chi connectivity index (χ4v) is 9.04. The highest BCUT2D eigenvalue weighted by molar-refractivity contribution is 7.99. The van der Waals surface area contributed by atoms with Gasteiger partial charge in [-0.1, -0.05) is 151 Å². The number of hydrogen-bond acceptors (Lipinski definition) is 13. The summed E-state index contributed by atoms with van der Waals surface area (Å²) in [5.41, 5.74) is 2.81. The molecule has 5 aromatic carbocycles. The topological polar surface area (TPSA) is 126 Å². The third-order valence-corrected chi connectivity index (χ3v) is 12.0. The van der Waals surface area contributed by atoms with Crippen molar-refractivity contribution in [2.24, 2.45) is 0 Å². The minimum atomic E-state index is -1.30. The first-order chi connectivity index (χ1) is 30.9. The zero-order valence-electron chi connectivity index (χ0n) is 35.1. The maximum absolute atomic E-state index is 13.2.